The number of nitrogens with zero attached hydrogens (tertiary/aromatic N) is 1. The van der Waals surface area contributed by atoms with E-state index in [-0.39, 0.29) is 0 Å². The molecule has 2 aliphatic rings. The van der Waals surface area contributed by atoms with Crippen LogP contribution in [0.3, 0.4) is 0 Å². The van der Waals surface area contributed by atoms with E-state index in [0.29, 0.717) is 17.6 Å². The highest BCUT2D eigenvalue weighted by atomic mass is 16.5. The molecule has 4 nitrogen and oxygen atoms in total. The van der Waals surface area contributed by atoms with Gasteiger partial charge >= 0.3 is 0 Å². The van der Waals surface area contributed by atoms with Crippen molar-refractivity contribution in [2.24, 2.45) is 5.41 Å². The maximum absolute atomic E-state index is 5.77. The third-order valence-electron chi connectivity index (χ3n) is 4.53. The lowest BCUT2D eigenvalue weighted by Gasteiger charge is -2.41. The number of ether oxygens (including phenoxy) is 2. The van der Waals surface area contributed by atoms with Crippen molar-refractivity contribution in [1.82, 2.24) is 10.2 Å². The molecule has 20 heavy (non-hydrogen) atoms. The van der Waals surface area contributed by atoms with Crippen molar-refractivity contribution in [3.05, 3.63) is 0 Å². The van der Waals surface area contributed by atoms with Crippen molar-refractivity contribution in [2.75, 3.05) is 46.0 Å². The van der Waals surface area contributed by atoms with Crippen LogP contribution in [0.4, 0.5) is 0 Å². The summed E-state index contributed by atoms with van der Waals surface area (Å²) in [6.45, 7) is 13.9. The van der Waals surface area contributed by atoms with Crippen molar-refractivity contribution < 1.29 is 9.47 Å². The fraction of sp³-hybridized carbons (Fsp3) is 1.00. The molecule has 1 unspecified atom stereocenters. The Morgan fingerprint density at radius 2 is 2.00 bits per heavy atom. The molecule has 0 saturated carbocycles. The fourth-order valence-electron chi connectivity index (χ4n) is 3.31. The second-order valence-electron chi connectivity index (χ2n) is 6.92. The Balaban J connectivity index is 1.94. The molecule has 4 heteroatoms. The van der Waals surface area contributed by atoms with E-state index in [2.05, 4.69) is 31.0 Å². The van der Waals surface area contributed by atoms with Crippen LogP contribution in [-0.4, -0.2) is 63.0 Å². The lowest BCUT2D eigenvalue weighted by molar-refractivity contribution is -0.00943. The summed E-state index contributed by atoms with van der Waals surface area (Å²) in [7, 11) is 0. The van der Waals surface area contributed by atoms with Gasteiger partial charge in [-0.2, -0.15) is 0 Å². The molecule has 1 atom stereocenters. The predicted molar refractivity (Wildman–Crippen MR) is 82.1 cm³/mol. The molecule has 0 amide bonds. The molecule has 118 valence electrons. The molecule has 2 heterocycles. The van der Waals surface area contributed by atoms with Crippen LogP contribution in [0.5, 0.6) is 0 Å². The largest absolute Gasteiger partial charge is 0.381 e. The van der Waals surface area contributed by atoms with E-state index >= 15 is 0 Å². The van der Waals surface area contributed by atoms with Crippen LogP contribution >= 0.6 is 0 Å². The minimum atomic E-state index is 0.368. The van der Waals surface area contributed by atoms with Gasteiger partial charge in [0.05, 0.1) is 6.10 Å². The van der Waals surface area contributed by atoms with Crippen LogP contribution in [0, 0.1) is 5.41 Å². The summed E-state index contributed by atoms with van der Waals surface area (Å²) >= 11 is 0. The standard InChI is InChI=1S/C16H32N2O2/c1-14(2)17-12-16(5-9-19-10-6-16)13-18-7-4-8-20-15(3)11-18/h14-15,17H,4-13H2,1-3H3. The number of rotatable bonds is 5. The zero-order chi connectivity index (χ0) is 14.4. The van der Waals surface area contributed by atoms with Crippen molar-refractivity contribution in [1.29, 1.82) is 0 Å². The number of hydrogen-bond donors (Lipinski definition) is 1. The first kappa shape index (κ1) is 16.2. The SMILES string of the molecule is CC(C)NCC1(CN2CCCOC(C)C2)CCOCC1. The van der Waals surface area contributed by atoms with Gasteiger partial charge in [-0.3, -0.25) is 0 Å². The maximum atomic E-state index is 5.77. The molecular formula is C16H32N2O2. The molecule has 0 aromatic carbocycles. The molecule has 0 radical (unpaired) electrons. The Hall–Kier alpha value is -0.160. The van der Waals surface area contributed by atoms with Crippen molar-refractivity contribution in [2.45, 2.75) is 52.2 Å². The van der Waals surface area contributed by atoms with Crippen molar-refractivity contribution in [3.63, 3.8) is 0 Å². The second kappa shape index (κ2) is 7.74. The van der Waals surface area contributed by atoms with Crippen LogP contribution in [0.1, 0.15) is 40.0 Å². The van der Waals surface area contributed by atoms with E-state index < -0.39 is 0 Å². The fourth-order valence-corrected chi connectivity index (χ4v) is 3.31. The van der Waals surface area contributed by atoms with Gasteiger partial charge in [0.15, 0.2) is 0 Å². The van der Waals surface area contributed by atoms with E-state index in [4.69, 9.17) is 9.47 Å². The summed E-state index contributed by atoms with van der Waals surface area (Å²) in [5.74, 6) is 0. The lowest BCUT2D eigenvalue weighted by atomic mass is 9.79. The Kier molecular flexibility index (Phi) is 6.27. The summed E-state index contributed by atoms with van der Waals surface area (Å²) in [5.41, 5.74) is 0.382. The van der Waals surface area contributed by atoms with Gasteiger partial charge in [-0.25, -0.2) is 0 Å². The summed E-state index contributed by atoms with van der Waals surface area (Å²) in [5, 5.41) is 3.66. The molecular weight excluding hydrogens is 252 g/mol. The van der Waals surface area contributed by atoms with Gasteiger partial charge in [0.1, 0.15) is 0 Å². The highest BCUT2D eigenvalue weighted by Gasteiger charge is 2.35. The number of hydrogen-bond acceptors (Lipinski definition) is 4. The summed E-state index contributed by atoms with van der Waals surface area (Å²) < 4.78 is 11.4. The van der Waals surface area contributed by atoms with Crippen LogP contribution in [0.2, 0.25) is 0 Å². The number of nitrogens with one attached hydrogen (secondary N) is 1. The van der Waals surface area contributed by atoms with Crippen molar-refractivity contribution >= 4 is 0 Å². The van der Waals surface area contributed by atoms with E-state index in [0.717, 1.165) is 39.3 Å². The summed E-state index contributed by atoms with van der Waals surface area (Å²) in [6.07, 6.45) is 3.89. The maximum Gasteiger partial charge on any atom is 0.0673 e. The predicted octanol–water partition coefficient (Wildman–Crippen LogP) is 1.89. The average molecular weight is 284 g/mol. The van der Waals surface area contributed by atoms with E-state index in [1.165, 1.54) is 25.9 Å². The van der Waals surface area contributed by atoms with Crippen molar-refractivity contribution in [3.8, 4) is 0 Å². The van der Waals surface area contributed by atoms with E-state index in [9.17, 15) is 0 Å². The first-order chi connectivity index (χ1) is 9.60. The third-order valence-corrected chi connectivity index (χ3v) is 4.53. The molecule has 0 aromatic rings. The highest BCUT2D eigenvalue weighted by molar-refractivity contribution is 4.88. The summed E-state index contributed by atoms with van der Waals surface area (Å²) in [4.78, 5) is 2.62. The average Bonchev–Trinajstić information content (AvgIpc) is 2.62. The highest BCUT2D eigenvalue weighted by Crippen LogP contribution is 2.31. The quantitative estimate of drug-likeness (QED) is 0.836. The van der Waals surface area contributed by atoms with Gasteiger partial charge in [0.25, 0.3) is 0 Å². The molecule has 0 aromatic heterocycles. The Bertz CT molecular complexity index is 278. The van der Waals surface area contributed by atoms with Crippen LogP contribution < -0.4 is 5.32 Å². The molecule has 2 fully saturated rings. The molecule has 0 aliphatic carbocycles. The Morgan fingerprint density at radius 3 is 2.70 bits per heavy atom. The van der Waals surface area contributed by atoms with E-state index in [1.807, 2.05) is 0 Å². The zero-order valence-corrected chi connectivity index (χ0v) is 13.5. The monoisotopic (exact) mass is 284 g/mol. The first-order valence-electron chi connectivity index (χ1n) is 8.25. The van der Waals surface area contributed by atoms with E-state index in [1.54, 1.807) is 0 Å². The van der Waals surface area contributed by atoms with Gasteiger partial charge < -0.3 is 19.7 Å². The minimum Gasteiger partial charge on any atom is -0.381 e. The molecule has 1 N–H and O–H groups in total. The Morgan fingerprint density at radius 1 is 1.25 bits per heavy atom. The van der Waals surface area contributed by atoms with Gasteiger partial charge in [-0.15, -0.1) is 0 Å². The Labute approximate surface area is 124 Å². The topological polar surface area (TPSA) is 33.7 Å². The third kappa shape index (κ3) is 4.99. The molecule has 0 spiro atoms. The smallest absolute Gasteiger partial charge is 0.0673 e. The van der Waals surface area contributed by atoms with Crippen LogP contribution in [-0.2, 0) is 9.47 Å². The zero-order valence-electron chi connectivity index (χ0n) is 13.5. The van der Waals surface area contributed by atoms with Crippen LogP contribution in [0.25, 0.3) is 0 Å². The molecule has 0 bridgehead atoms. The molecule has 2 rings (SSSR count). The summed E-state index contributed by atoms with van der Waals surface area (Å²) in [6, 6.07) is 0.557. The molecule has 2 saturated heterocycles. The van der Waals surface area contributed by atoms with Gasteiger partial charge in [-0.05, 0) is 31.6 Å². The van der Waals surface area contributed by atoms with Gasteiger partial charge in [0, 0.05) is 52.0 Å². The second-order valence-corrected chi connectivity index (χ2v) is 6.92. The van der Waals surface area contributed by atoms with Crippen LogP contribution in [0.15, 0.2) is 0 Å². The normalized spacial score (nSPS) is 28.5. The first-order valence-corrected chi connectivity index (χ1v) is 8.25. The molecule has 2 aliphatic heterocycles. The minimum absolute atomic E-state index is 0.368. The lowest BCUT2D eigenvalue weighted by Crippen LogP contribution is -2.49. The van der Waals surface area contributed by atoms with Gasteiger partial charge in [-0.1, -0.05) is 13.8 Å². The van der Waals surface area contributed by atoms with Gasteiger partial charge in [0.2, 0.25) is 0 Å².